The molecular formula is C14H19N3O4. The highest BCUT2D eigenvalue weighted by Crippen LogP contribution is 2.27. The highest BCUT2D eigenvalue weighted by atomic mass is 16.6. The third kappa shape index (κ3) is 3.68. The molecule has 2 N–H and O–H groups in total. The lowest BCUT2D eigenvalue weighted by Gasteiger charge is -2.23. The molecule has 1 aromatic heterocycles. The first kappa shape index (κ1) is 15.2. The fourth-order valence-corrected chi connectivity index (χ4v) is 2.75. The van der Waals surface area contributed by atoms with Gasteiger partial charge in [-0.2, -0.15) is 0 Å². The van der Waals surface area contributed by atoms with Gasteiger partial charge >= 0.3 is 5.97 Å². The van der Waals surface area contributed by atoms with Gasteiger partial charge in [0.05, 0.1) is 16.9 Å². The number of carbonyl (C=O) groups is 1. The van der Waals surface area contributed by atoms with Gasteiger partial charge in [0.25, 0.3) is 5.69 Å². The molecule has 0 spiro atoms. The van der Waals surface area contributed by atoms with Gasteiger partial charge in [0.15, 0.2) is 0 Å². The molecule has 2 atom stereocenters. The molecule has 0 radical (unpaired) electrons. The van der Waals surface area contributed by atoms with Gasteiger partial charge in [-0.3, -0.25) is 14.9 Å². The molecule has 2 unspecified atom stereocenters. The monoisotopic (exact) mass is 293 g/mol. The maximum Gasteiger partial charge on any atom is 0.308 e. The Morgan fingerprint density at radius 3 is 2.81 bits per heavy atom. The minimum absolute atomic E-state index is 0.00648. The Bertz CT molecular complexity index is 547. The van der Waals surface area contributed by atoms with Crippen LogP contribution in [0, 0.1) is 23.0 Å². The average molecular weight is 293 g/mol. The predicted molar refractivity (Wildman–Crippen MR) is 77.2 cm³/mol. The van der Waals surface area contributed by atoms with E-state index in [9.17, 15) is 20.0 Å². The molecule has 1 saturated carbocycles. The normalized spacial score (nSPS) is 22.3. The van der Waals surface area contributed by atoms with Gasteiger partial charge in [0, 0.05) is 17.8 Å². The summed E-state index contributed by atoms with van der Waals surface area (Å²) in [5.41, 5.74) is 0.481. The van der Waals surface area contributed by atoms with E-state index in [0.29, 0.717) is 17.8 Å². The Kier molecular flexibility index (Phi) is 4.72. The van der Waals surface area contributed by atoms with E-state index < -0.39 is 16.8 Å². The molecular weight excluding hydrogens is 274 g/mol. The summed E-state index contributed by atoms with van der Waals surface area (Å²) in [5, 5.41) is 23.4. The molecule has 0 aromatic carbocycles. The molecule has 0 bridgehead atoms. The van der Waals surface area contributed by atoms with Crippen LogP contribution in [0.15, 0.2) is 12.3 Å². The maximum atomic E-state index is 11.4. The van der Waals surface area contributed by atoms with E-state index in [2.05, 4.69) is 10.3 Å². The van der Waals surface area contributed by atoms with Crippen LogP contribution in [0.1, 0.15) is 37.7 Å². The molecule has 2 rings (SSSR count). The quantitative estimate of drug-likeness (QED) is 0.502. The topological polar surface area (TPSA) is 105 Å². The lowest BCUT2D eigenvalue weighted by molar-refractivity contribution is -0.385. The number of nitrogens with one attached hydrogen (secondary N) is 1. The number of anilines is 1. The van der Waals surface area contributed by atoms with E-state index in [1.54, 1.807) is 6.92 Å². The summed E-state index contributed by atoms with van der Waals surface area (Å²) in [7, 11) is 0. The van der Waals surface area contributed by atoms with Crippen molar-refractivity contribution in [2.45, 2.75) is 45.1 Å². The van der Waals surface area contributed by atoms with E-state index in [-0.39, 0.29) is 11.7 Å². The Labute approximate surface area is 122 Å². The summed E-state index contributed by atoms with van der Waals surface area (Å²) in [4.78, 5) is 26.0. The van der Waals surface area contributed by atoms with Crippen LogP contribution in [-0.2, 0) is 4.79 Å². The van der Waals surface area contributed by atoms with E-state index >= 15 is 0 Å². The zero-order chi connectivity index (χ0) is 15.4. The summed E-state index contributed by atoms with van der Waals surface area (Å²) >= 11 is 0. The molecule has 1 heterocycles. The smallest absolute Gasteiger partial charge is 0.308 e. The van der Waals surface area contributed by atoms with Gasteiger partial charge in [-0.25, -0.2) is 4.98 Å². The molecule has 1 fully saturated rings. The molecule has 7 heteroatoms. The largest absolute Gasteiger partial charge is 0.481 e. The Morgan fingerprint density at radius 1 is 1.43 bits per heavy atom. The Hall–Kier alpha value is -2.18. The standard InChI is InChI=1S/C14H19N3O4/c1-9-8-15-13(7-12(9)17(20)21)16-11-6-4-2-3-5-10(11)14(18)19/h7-8,10-11H,2-6H2,1H3,(H,15,16)(H,18,19). The summed E-state index contributed by atoms with van der Waals surface area (Å²) in [5.74, 6) is -0.934. The minimum Gasteiger partial charge on any atom is -0.481 e. The van der Waals surface area contributed by atoms with E-state index in [1.165, 1.54) is 12.3 Å². The number of hydrogen-bond acceptors (Lipinski definition) is 5. The number of aromatic nitrogens is 1. The summed E-state index contributed by atoms with van der Waals surface area (Å²) in [6.07, 6.45) is 5.67. The molecule has 114 valence electrons. The zero-order valence-electron chi connectivity index (χ0n) is 11.9. The number of carboxylic acids is 1. The molecule has 0 saturated heterocycles. The first-order chi connectivity index (χ1) is 9.99. The maximum absolute atomic E-state index is 11.4. The van der Waals surface area contributed by atoms with Gasteiger partial charge in [0.2, 0.25) is 0 Å². The van der Waals surface area contributed by atoms with Gasteiger partial charge in [-0.05, 0) is 19.8 Å². The van der Waals surface area contributed by atoms with Crippen LogP contribution in [0.25, 0.3) is 0 Å². The summed E-state index contributed by atoms with van der Waals surface area (Å²) in [6.45, 7) is 1.63. The van der Waals surface area contributed by atoms with Crippen molar-refractivity contribution in [3.63, 3.8) is 0 Å². The van der Waals surface area contributed by atoms with Gasteiger partial charge < -0.3 is 10.4 Å². The first-order valence-corrected chi connectivity index (χ1v) is 7.09. The van der Waals surface area contributed by atoms with E-state index in [0.717, 1.165) is 25.7 Å². The van der Waals surface area contributed by atoms with E-state index in [4.69, 9.17) is 0 Å². The predicted octanol–water partition coefficient (Wildman–Crippen LogP) is 2.74. The number of aliphatic carboxylic acids is 1. The SMILES string of the molecule is Cc1cnc(NC2CCCCCC2C(=O)O)cc1[N+](=O)[O-]. The number of hydrogen-bond donors (Lipinski definition) is 2. The van der Waals surface area contributed by atoms with Gasteiger partial charge in [-0.1, -0.05) is 19.3 Å². The van der Waals surface area contributed by atoms with Crippen molar-refractivity contribution in [2.75, 3.05) is 5.32 Å². The molecule has 1 aromatic rings. The van der Waals surface area contributed by atoms with Crippen molar-refractivity contribution < 1.29 is 14.8 Å². The second-order valence-corrected chi connectivity index (χ2v) is 5.45. The van der Waals surface area contributed by atoms with Crippen LogP contribution >= 0.6 is 0 Å². The number of nitro groups is 1. The molecule has 0 aliphatic heterocycles. The molecule has 21 heavy (non-hydrogen) atoms. The minimum atomic E-state index is -0.823. The average Bonchev–Trinajstić information content (AvgIpc) is 2.66. The number of nitrogens with zero attached hydrogens (tertiary/aromatic N) is 2. The van der Waals surface area contributed by atoms with Gasteiger partial charge in [0.1, 0.15) is 5.82 Å². The van der Waals surface area contributed by atoms with Crippen LogP contribution < -0.4 is 5.32 Å². The molecule has 0 amide bonds. The summed E-state index contributed by atoms with van der Waals surface area (Å²) < 4.78 is 0. The van der Waals surface area contributed by atoms with Gasteiger partial charge in [-0.15, -0.1) is 0 Å². The molecule has 7 nitrogen and oxygen atoms in total. The lowest BCUT2D eigenvalue weighted by Crippen LogP contribution is -2.34. The number of pyridine rings is 1. The van der Waals surface area contributed by atoms with Crippen molar-refractivity contribution in [2.24, 2.45) is 5.92 Å². The third-order valence-electron chi connectivity index (χ3n) is 3.94. The van der Waals surface area contributed by atoms with Crippen molar-refractivity contribution >= 4 is 17.5 Å². The van der Waals surface area contributed by atoms with Crippen molar-refractivity contribution in [3.05, 3.63) is 27.9 Å². The molecule has 1 aliphatic carbocycles. The highest BCUT2D eigenvalue weighted by Gasteiger charge is 2.30. The second kappa shape index (κ2) is 6.51. The van der Waals surface area contributed by atoms with Crippen molar-refractivity contribution in [1.29, 1.82) is 0 Å². The fraction of sp³-hybridized carbons (Fsp3) is 0.571. The van der Waals surface area contributed by atoms with Crippen LogP contribution in [0.2, 0.25) is 0 Å². The van der Waals surface area contributed by atoms with E-state index in [1.807, 2.05) is 0 Å². The first-order valence-electron chi connectivity index (χ1n) is 7.09. The number of rotatable bonds is 4. The second-order valence-electron chi connectivity index (χ2n) is 5.45. The lowest BCUT2D eigenvalue weighted by atomic mass is 9.95. The number of aryl methyl sites for hydroxylation is 1. The number of carboxylic acid groups (broad SMARTS) is 1. The Balaban J connectivity index is 2.20. The van der Waals surface area contributed by atoms with Crippen LogP contribution in [0.5, 0.6) is 0 Å². The highest BCUT2D eigenvalue weighted by molar-refractivity contribution is 5.71. The third-order valence-corrected chi connectivity index (χ3v) is 3.94. The zero-order valence-corrected chi connectivity index (χ0v) is 11.9. The summed E-state index contributed by atoms with van der Waals surface area (Å²) in [6, 6.07) is 1.14. The molecule has 1 aliphatic rings. The fourth-order valence-electron chi connectivity index (χ4n) is 2.75. The van der Waals surface area contributed by atoms with Crippen LogP contribution in [-0.4, -0.2) is 27.0 Å². The van der Waals surface area contributed by atoms with Crippen molar-refractivity contribution in [3.8, 4) is 0 Å². The van der Waals surface area contributed by atoms with Crippen LogP contribution in [0.3, 0.4) is 0 Å². The van der Waals surface area contributed by atoms with Crippen molar-refractivity contribution in [1.82, 2.24) is 4.98 Å². The van der Waals surface area contributed by atoms with Crippen LogP contribution in [0.4, 0.5) is 11.5 Å². The Morgan fingerprint density at radius 2 is 2.14 bits per heavy atom.